The largest absolute Gasteiger partial charge is 0.486 e. The topological polar surface area (TPSA) is 71.6 Å². The molecule has 2 amide bonds. The Morgan fingerprint density at radius 2 is 1.70 bits per heavy atom. The summed E-state index contributed by atoms with van der Waals surface area (Å²) >= 11 is 0. The molecule has 3 atom stereocenters. The molecule has 33 heavy (non-hydrogen) atoms. The van der Waals surface area contributed by atoms with Gasteiger partial charge in [-0.1, -0.05) is 0 Å². The van der Waals surface area contributed by atoms with Crippen LogP contribution in [0.25, 0.3) is 0 Å². The van der Waals surface area contributed by atoms with Crippen molar-refractivity contribution in [2.45, 2.75) is 45.3 Å². The van der Waals surface area contributed by atoms with Crippen LogP contribution in [-0.2, 0) is 14.3 Å². The van der Waals surface area contributed by atoms with Gasteiger partial charge in [0.05, 0.1) is 18.1 Å². The van der Waals surface area contributed by atoms with Gasteiger partial charge >= 0.3 is 0 Å². The maximum absolute atomic E-state index is 13.2. The number of carbonyl (C=O) groups excluding carboxylic acids is 2. The first-order valence-corrected chi connectivity index (χ1v) is 12.3. The van der Waals surface area contributed by atoms with Crippen molar-refractivity contribution >= 4 is 17.5 Å². The van der Waals surface area contributed by atoms with Crippen LogP contribution in [0.4, 0.5) is 5.69 Å². The van der Waals surface area contributed by atoms with Gasteiger partial charge in [0.1, 0.15) is 13.2 Å². The third kappa shape index (κ3) is 4.96. The Morgan fingerprint density at radius 1 is 1.00 bits per heavy atom. The van der Waals surface area contributed by atoms with Crippen molar-refractivity contribution in [2.24, 2.45) is 11.8 Å². The summed E-state index contributed by atoms with van der Waals surface area (Å²) in [5.41, 5.74) is 0.771. The Morgan fingerprint density at radius 3 is 2.42 bits per heavy atom. The molecule has 5 rings (SSSR count). The molecule has 0 radical (unpaired) electrons. The summed E-state index contributed by atoms with van der Waals surface area (Å²) in [7, 11) is 0. The molecule has 0 N–H and O–H groups in total. The van der Waals surface area contributed by atoms with Crippen LogP contribution in [0.15, 0.2) is 18.2 Å². The highest BCUT2D eigenvalue weighted by Gasteiger charge is 2.38. The second-order valence-corrected chi connectivity index (χ2v) is 9.98. The monoisotopic (exact) mass is 457 g/mol. The van der Waals surface area contributed by atoms with Gasteiger partial charge in [-0.3, -0.25) is 14.5 Å². The molecule has 180 valence electrons. The lowest BCUT2D eigenvalue weighted by atomic mass is 9.94. The first kappa shape index (κ1) is 22.5. The predicted octanol–water partition coefficient (Wildman–Crippen LogP) is 2.16. The number of morpholine rings is 1. The summed E-state index contributed by atoms with van der Waals surface area (Å²) < 4.78 is 17.1. The Balaban J connectivity index is 1.14. The Kier molecular flexibility index (Phi) is 6.47. The highest BCUT2D eigenvalue weighted by molar-refractivity contribution is 6.00. The van der Waals surface area contributed by atoms with Crippen molar-refractivity contribution in [3.63, 3.8) is 0 Å². The van der Waals surface area contributed by atoms with Crippen LogP contribution in [0.2, 0.25) is 0 Å². The van der Waals surface area contributed by atoms with Gasteiger partial charge < -0.3 is 24.0 Å². The lowest BCUT2D eigenvalue weighted by Gasteiger charge is -2.39. The fourth-order valence-electron chi connectivity index (χ4n) is 5.72. The van der Waals surface area contributed by atoms with E-state index in [0.29, 0.717) is 37.2 Å². The van der Waals surface area contributed by atoms with Gasteiger partial charge in [-0.05, 0) is 44.7 Å². The predicted molar refractivity (Wildman–Crippen MR) is 124 cm³/mol. The van der Waals surface area contributed by atoms with E-state index in [1.54, 1.807) is 4.90 Å². The van der Waals surface area contributed by atoms with Crippen LogP contribution in [0.1, 0.15) is 33.1 Å². The van der Waals surface area contributed by atoms with Gasteiger partial charge in [-0.15, -0.1) is 0 Å². The molecule has 4 heterocycles. The van der Waals surface area contributed by atoms with Crippen molar-refractivity contribution < 1.29 is 23.8 Å². The average Bonchev–Trinajstić information content (AvgIpc) is 3.19. The number of fused-ring (bicyclic) bond motifs is 1. The van der Waals surface area contributed by atoms with Crippen LogP contribution in [-0.4, -0.2) is 86.3 Å². The SMILES string of the molecule is CC1CN(CC2CCN(C(=O)C3CC(=O)N(c4ccc5c(c4)OCCO5)C3)CC2)CC(C)O1. The zero-order chi connectivity index (χ0) is 22.9. The zero-order valence-corrected chi connectivity index (χ0v) is 19.7. The van der Waals surface area contributed by atoms with E-state index in [-0.39, 0.29) is 36.4 Å². The third-order valence-corrected chi connectivity index (χ3v) is 7.25. The lowest BCUT2D eigenvalue weighted by Crippen LogP contribution is -2.49. The van der Waals surface area contributed by atoms with Crippen LogP contribution in [0.5, 0.6) is 11.5 Å². The van der Waals surface area contributed by atoms with Gasteiger partial charge in [0.15, 0.2) is 11.5 Å². The van der Waals surface area contributed by atoms with Crippen LogP contribution >= 0.6 is 0 Å². The molecule has 8 heteroatoms. The van der Waals surface area contributed by atoms with E-state index >= 15 is 0 Å². The lowest BCUT2D eigenvalue weighted by molar-refractivity contribution is -0.137. The smallest absolute Gasteiger partial charge is 0.228 e. The van der Waals surface area contributed by atoms with Crippen molar-refractivity contribution in [3.8, 4) is 11.5 Å². The molecule has 0 saturated carbocycles. The summed E-state index contributed by atoms with van der Waals surface area (Å²) in [5, 5.41) is 0. The number of hydrogen-bond donors (Lipinski definition) is 0. The van der Waals surface area contributed by atoms with E-state index < -0.39 is 0 Å². The molecule has 0 bridgehead atoms. The average molecular weight is 458 g/mol. The molecule has 8 nitrogen and oxygen atoms in total. The van der Waals surface area contributed by atoms with E-state index in [2.05, 4.69) is 18.7 Å². The van der Waals surface area contributed by atoms with E-state index in [1.165, 1.54) is 0 Å². The molecule has 4 aliphatic rings. The molecule has 1 aromatic rings. The summed E-state index contributed by atoms with van der Waals surface area (Å²) in [6.07, 6.45) is 2.90. The van der Waals surface area contributed by atoms with Crippen molar-refractivity contribution in [1.82, 2.24) is 9.80 Å². The van der Waals surface area contributed by atoms with Crippen molar-refractivity contribution in [3.05, 3.63) is 18.2 Å². The normalized spacial score (nSPS) is 28.9. The second-order valence-electron chi connectivity index (χ2n) is 9.98. The number of carbonyl (C=O) groups is 2. The Labute approximate surface area is 195 Å². The number of anilines is 1. The van der Waals surface area contributed by atoms with E-state index in [1.807, 2.05) is 23.1 Å². The quantitative estimate of drug-likeness (QED) is 0.690. The summed E-state index contributed by atoms with van der Waals surface area (Å²) in [6.45, 7) is 10.4. The summed E-state index contributed by atoms with van der Waals surface area (Å²) in [6, 6.07) is 5.56. The molecular formula is C25H35N3O5. The second kappa shape index (κ2) is 9.50. The van der Waals surface area contributed by atoms with E-state index in [4.69, 9.17) is 14.2 Å². The van der Waals surface area contributed by atoms with Gasteiger partial charge in [-0.2, -0.15) is 0 Å². The molecule has 3 unspecified atom stereocenters. The molecule has 3 saturated heterocycles. The van der Waals surface area contributed by atoms with Gasteiger partial charge in [0, 0.05) is 57.4 Å². The standard InChI is InChI=1S/C25H35N3O5/c1-17-13-26(14-18(2)33-17)15-19-5-7-27(8-6-19)25(30)20-11-24(29)28(16-20)21-3-4-22-23(12-21)32-10-9-31-22/h3-4,12,17-20H,5-11,13-16H2,1-2H3. The van der Waals surface area contributed by atoms with E-state index in [0.717, 1.165) is 51.3 Å². The summed E-state index contributed by atoms with van der Waals surface area (Å²) in [5.74, 6) is 1.82. The van der Waals surface area contributed by atoms with Crippen LogP contribution in [0, 0.1) is 11.8 Å². The number of hydrogen-bond acceptors (Lipinski definition) is 6. The number of ether oxygens (including phenoxy) is 3. The maximum atomic E-state index is 13.2. The molecule has 3 fully saturated rings. The zero-order valence-electron chi connectivity index (χ0n) is 19.7. The molecular weight excluding hydrogens is 422 g/mol. The Bertz CT molecular complexity index is 875. The van der Waals surface area contributed by atoms with Gasteiger partial charge in [0.2, 0.25) is 11.8 Å². The number of nitrogens with zero attached hydrogens (tertiary/aromatic N) is 3. The molecule has 4 aliphatic heterocycles. The highest BCUT2D eigenvalue weighted by Crippen LogP contribution is 2.36. The van der Waals surface area contributed by atoms with E-state index in [9.17, 15) is 9.59 Å². The molecule has 0 aliphatic carbocycles. The van der Waals surface area contributed by atoms with Crippen LogP contribution in [0.3, 0.4) is 0 Å². The van der Waals surface area contributed by atoms with Crippen molar-refractivity contribution in [2.75, 3.05) is 57.4 Å². The first-order valence-electron chi connectivity index (χ1n) is 12.3. The number of likely N-dealkylation sites (tertiary alicyclic amines) is 1. The van der Waals surface area contributed by atoms with Gasteiger partial charge in [-0.25, -0.2) is 0 Å². The maximum Gasteiger partial charge on any atom is 0.228 e. The minimum Gasteiger partial charge on any atom is -0.486 e. The first-order chi connectivity index (χ1) is 16.0. The number of benzene rings is 1. The number of rotatable bonds is 4. The summed E-state index contributed by atoms with van der Waals surface area (Å²) in [4.78, 5) is 32.2. The van der Waals surface area contributed by atoms with Gasteiger partial charge in [0.25, 0.3) is 0 Å². The van der Waals surface area contributed by atoms with Crippen LogP contribution < -0.4 is 14.4 Å². The molecule has 1 aromatic carbocycles. The molecule has 0 spiro atoms. The minimum absolute atomic E-state index is 0.00419. The van der Waals surface area contributed by atoms with Crippen molar-refractivity contribution in [1.29, 1.82) is 0 Å². The number of piperidine rings is 1. The Hall–Kier alpha value is -2.32. The minimum atomic E-state index is -0.275. The fraction of sp³-hybridized carbons (Fsp3) is 0.680. The fourth-order valence-corrected chi connectivity index (χ4v) is 5.72. The molecule has 0 aromatic heterocycles. The highest BCUT2D eigenvalue weighted by atomic mass is 16.6. The number of amides is 2. The third-order valence-electron chi connectivity index (χ3n) is 7.25.